The normalized spacial score (nSPS) is 12.4. The number of aryl methyl sites for hydroxylation is 1. The molecule has 0 aliphatic rings. The molecule has 5 nitrogen and oxygen atoms in total. The molecule has 0 radical (unpaired) electrons. The van der Waals surface area contributed by atoms with Crippen LogP contribution in [-0.4, -0.2) is 25.6 Å². The van der Waals surface area contributed by atoms with Crippen molar-refractivity contribution in [3.63, 3.8) is 0 Å². The third-order valence-electron chi connectivity index (χ3n) is 5.15. The molecule has 0 fully saturated rings. The van der Waals surface area contributed by atoms with Gasteiger partial charge in [0.1, 0.15) is 0 Å². The maximum absolute atomic E-state index is 13.1. The number of nitrogens with zero attached hydrogens (tertiary/aromatic N) is 1. The molecular formula is C24H20F6N2O3S. The summed E-state index contributed by atoms with van der Waals surface area (Å²) in [5.74, 6) is -1.20. The summed E-state index contributed by atoms with van der Waals surface area (Å²) in [5.41, 5.74) is -1.59. The zero-order valence-electron chi connectivity index (χ0n) is 19.0. The van der Waals surface area contributed by atoms with Crippen LogP contribution in [0.4, 0.5) is 26.3 Å². The first-order chi connectivity index (χ1) is 16.5. The van der Waals surface area contributed by atoms with Crippen LogP contribution in [0.1, 0.15) is 38.3 Å². The number of hydrogen-bond donors (Lipinski definition) is 1. The van der Waals surface area contributed by atoms with Crippen LogP contribution in [0.2, 0.25) is 0 Å². The van der Waals surface area contributed by atoms with Gasteiger partial charge >= 0.3 is 12.4 Å². The summed E-state index contributed by atoms with van der Waals surface area (Å²) >= 11 is 0. The van der Waals surface area contributed by atoms with Gasteiger partial charge in [-0.15, -0.1) is 0 Å². The second-order valence-corrected chi connectivity index (χ2v) is 10.3. The Balaban J connectivity index is 1.98. The monoisotopic (exact) mass is 530 g/mol. The Bertz CT molecular complexity index is 1370. The first kappa shape index (κ1) is 27.2. The molecule has 3 rings (SSSR count). The van der Waals surface area contributed by atoms with Crippen LogP contribution < -0.4 is 5.32 Å². The predicted octanol–water partition coefficient (Wildman–Crippen LogP) is 5.57. The topological polar surface area (TPSA) is 76.1 Å². The van der Waals surface area contributed by atoms with Crippen LogP contribution in [0, 0.1) is 6.92 Å². The Hall–Kier alpha value is -3.41. The fourth-order valence-electron chi connectivity index (χ4n) is 3.52. The molecule has 0 saturated carbocycles. The predicted molar refractivity (Wildman–Crippen MR) is 121 cm³/mol. The van der Waals surface area contributed by atoms with E-state index in [4.69, 9.17) is 0 Å². The van der Waals surface area contributed by atoms with Gasteiger partial charge in [-0.1, -0.05) is 24.3 Å². The van der Waals surface area contributed by atoms with Crippen LogP contribution in [0.5, 0.6) is 0 Å². The van der Waals surface area contributed by atoms with Gasteiger partial charge in [-0.2, -0.15) is 26.3 Å². The zero-order chi connectivity index (χ0) is 26.9. The van der Waals surface area contributed by atoms with E-state index in [2.05, 4.69) is 10.3 Å². The molecule has 12 heteroatoms. The Labute approximate surface area is 203 Å². The zero-order valence-corrected chi connectivity index (χ0v) is 19.8. The summed E-state index contributed by atoms with van der Waals surface area (Å²) in [4.78, 5) is 17.0. The summed E-state index contributed by atoms with van der Waals surface area (Å²) in [6.07, 6.45) is -7.88. The van der Waals surface area contributed by atoms with Crippen LogP contribution in [0.15, 0.2) is 54.7 Å². The minimum absolute atomic E-state index is 0.00598. The number of carbonyl (C=O) groups excluding carboxylic acids is 1. The summed E-state index contributed by atoms with van der Waals surface area (Å²) in [6, 6.07) is 9.39. The van der Waals surface area contributed by atoms with Crippen molar-refractivity contribution in [2.75, 3.05) is 6.26 Å². The van der Waals surface area contributed by atoms with Crippen LogP contribution in [0.3, 0.4) is 0 Å². The molecule has 0 saturated heterocycles. The maximum atomic E-state index is 13.1. The van der Waals surface area contributed by atoms with Crippen molar-refractivity contribution in [2.24, 2.45) is 0 Å². The minimum atomic E-state index is -5.02. The third-order valence-corrected chi connectivity index (χ3v) is 5.97. The number of amides is 1. The fraction of sp³-hybridized carbons (Fsp3) is 0.250. The summed E-state index contributed by atoms with van der Waals surface area (Å²) in [6.45, 7) is 1.14. The fourth-order valence-corrected chi connectivity index (χ4v) is 4.22. The van der Waals surface area contributed by atoms with Gasteiger partial charge in [0, 0.05) is 19.0 Å². The molecule has 1 aromatic heterocycles. The summed E-state index contributed by atoms with van der Waals surface area (Å²) in [7, 11) is -3.44. The van der Waals surface area contributed by atoms with Crippen molar-refractivity contribution in [2.45, 2.75) is 31.6 Å². The van der Waals surface area contributed by atoms with Gasteiger partial charge < -0.3 is 5.32 Å². The molecule has 1 heterocycles. The lowest BCUT2D eigenvalue weighted by atomic mass is 9.96. The first-order valence-electron chi connectivity index (χ1n) is 10.3. The second-order valence-electron chi connectivity index (χ2n) is 8.20. The molecule has 192 valence electrons. The Morgan fingerprint density at radius 3 is 2.03 bits per heavy atom. The van der Waals surface area contributed by atoms with Gasteiger partial charge in [0.15, 0.2) is 9.84 Å². The van der Waals surface area contributed by atoms with Crippen LogP contribution >= 0.6 is 0 Å². The summed E-state index contributed by atoms with van der Waals surface area (Å²) < 4.78 is 102. The van der Waals surface area contributed by atoms with Gasteiger partial charge in [-0.05, 0) is 53.4 Å². The molecule has 2 aromatic carbocycles. The van der Waals surface area contributed by atoms with E-state index >= 15 is 0 Å². The van der Waals surface area contributed by atoms with Crippen molar-refractivity contribution in [3.05, 3.63) is 88.2 Å². The molecule has 0 bridgehead atoms. The van der Waals surface area contributed by atoms with E-state index < -0.39 is 57.1 Å². The van der Waals surface area contributed by atoms with Crippen molar-refractivity contribution >= 4 is 15.7 Å². The largest absolute Gasteiger partial charge is 0.416 e. The maximum Gasteiger partial charge on any atom is 0.416 e. The van der Waals surface area contributed by atoms with Crippen LogP contribution in [0.25, 0.3) is 11.1 Å². The molecule has 0 atom stereocenters. The standard InChI is InChI=1S/C24H20F6N2O3S/c1-14-5-3-4-6-19(14)20-10-18(13-36(2,34)35)31-12-21(20)22(33)32-11-15-7-16(23(25,26)27)9-17(8-15)24(28,29)30/h3-10,12H,11,13H2,1-2H3,(H,32,33). The van der Waals surface area contributed by atoms with Crippen molar-refractivity contribution in [3.8, 4) is 11.1 Å². The molecule has 0 aliphatic carbocycles. The van der Waals surface area contributed by atoms with E-state index in [-0.39, 0.29) is 17.3 Å². The van der Waals surface area contributed by atoms with Gasteiger partial charge in [0.2, 0.25) is 0 Å². The van der Waals surface area contributed by atoms with E-state index in [1.807, 2.05) is 0 Å². The molecule has 0 aliphatic heterocycles. The number of pyridine rings is 1. The van der Waals surface area contributed by atoms with Gasteiger partial charge in [-0.3, -0.25) is 9.78 Å². The van der Waals surface area contributed by atoms with E-state index in [0.29, 0.717) is 23.3 Å². The Kier molecular flexibility index (Phi) is 7.49. The highest BCUT2D eigenvalue weighted by atomic mass is 32.2. The number of rotatable bonds is 6. The number of halogens is 6. The van der Waals surface area contributed by atoms with Crippen molar-refractivity contribution < 1.29 is 39.6 Å². The van der Waals surface area contributed by atoms with Gasteiger partial charge in [-0.25, -0.2) is 8.42 Å². The quantitative estimate of drug-likeness (QED) is 0.423. The van der Waals surface area contributed by atoms with Crippen molar-refractivity contribution in [1.82, 2.24) is 10.3 Å². The van der Waals surface area contributed by atoms with Gasteiger partial charge in [0.05, 0.1) is 28.1 Å². The average Bonchev–Trinajstić information content (AvgIpc) is 2.75. The number of sulfone groups is 1. The molecular weight excluding hydrogens is 510 g/mol. The van der Waals surface area contributed by atoms with E-state index in [0.717, 1.165) is 18.0 Å². The lowest BCUT2D eigenvalue weighted by Gasteiger charge is -2.16. The first-order valence-corrected chi connectivity index (χ1v) is 12.4. The van der Waals surface area contributed by atoms with Crippen LogP contribution in [-0.2, 0) is 34.5 Å². The number of alkyl halides is 6. The molecule has 1 amide bonds. The summed E-state index contributed by atoms with van der Waals surface area (Å²) in [5, 5.41) is 2.34. The average molecular weight is 530 g/mol. The number of carbonyl (C=O) groups is 1. The Morgan fingerprint density at radius 1 is 0.917 bits per heavy atom. The van der Waals surface area contributed by atoms with E-state index in [1.165, 1.54) is 6.07 Å². The lowest BCUT2D eigenvalue weighted by molar-refractivity contribution is -0.143. The number of benzene rings is 2. The molecule has 1 N–H and O–H groups in total. The lowest BCUT2D eigenvalue weighted by Crippen LogP contribution is -2.24. The van der Waals surface area contributed by atoms with Gasteiger partial charge in [0.25, 0.3) is 5.91 Å². The molecule has 0 unspecified atom stereocenters. The number of aromatic nitrogens is 1. The minimum Gasteiger partial charge on any atom is -0.348 e. The third kappa shape index (κ3) is 6.84. The Morgan fingerprint density at radius 2 is 1.50 bits per heavy atom. The van der Waals surface area contributed by atoms with E-state index in [9.17, 15) is 39.6 Å². The highest BCUT2D eigenvalue weighted by Gasteiger charge is 2.36. The molecule has 0 spiro atoms. The van der Waals surface area contributed by atoms with E-state index in [1.54, 1.807) is 31.2 Å². The second kappa shape index (κ2) is 9.92. The molecule has 36 heavy (non-hydrogen) atoms. The smallest absolute Gasteiger partial charge is 0.348 e. The SMILES string of the molecule is Cc1ccccc1-c1cc(CS(C)(=O)=O)ncc1C(=O)NCc1cc(C(F)(F)F)cc(C(F)(F)F)c1. The highest BCUT2D eigenvalue weighted by Crippen LogP contribution is 2.36. The van der Waals surface area contributed by atoms with Crippen molar-refractivity contribution in [1.29, 1.82) is 0 Å². The highest BCUT2D eigenvalue weighted by molar-refractivity contribution is 7.89. The molecule has 3 aromatic rings. The number of hydrogen-bond acceptors (Lipinski definition) is 4. The number of nitrogens with one attached hydrogen (secondary N) is 1.